The maximum absolute atomic E-state index is 13.4. The van der Waals surface area contributed by atoms with Crippen LogP contribution in [-0.4, -0.2) is 31.6 Å². The number of anilines is 1. The number of nitro groups is 1. The van der Waals surface area contributed by atoms with Gasteiger partial charge < -0.3 is 9.64 Å². The fourth-order valence-corrected chi connectivity index (χ4v) is 1.71. The zero-order valence-electron chi connectivity index (χ0n) is 11.1. The highest BCUT2D eigenvalue weighted by molar-refractivity contribution is 5.69. The topological polar surface area (TPSA) is 72.7 Å². The molecule has 0 saturated heterocycles. The standard InChI is InChI=1S/C12H14F2N2O4/c1-15(5-3-4-11(17)20-2)10-7-8(13)6-9(14)12(10)16(18)19/h6-7H,3-5H2,1-2H3. The lowest BCUT2D eigenvalue weighted by Crippen LogP contribution is -2.21. The molecule has 0 aliphatic rings. The van der Waals surface area contributed by atoms with E-state index < -0.39 is 28.2 Å². The SMILES string of the molecule is COC(=O)CCCN(C)c1cc(F)cc(F)c1[N+](=O)[O-]. The van der Waals surface area contributed by atoms with Gasteiger partial charge in [0.05, 0.1) is 12.0 Å². The van der Waals surface area contributed by atoms with Crippen molar-refractivity contribution in [2.24, 2.45) is 0 Å². The van der Waals surface area contributed by atoms with E-state index in [0.717, 1.165) is 6.07 Å². The van der Waals surface area contributed by atoms with Gasteiger partial charge in [-0.2, -0.15) is 4.39 Å². The van der Waals surface area contributed by atoms with Crippen LogP contribution in [0.2, 0.25) is 0 Å². The number of methoxy groups -OCH3 is 1. The summed E-state index contributed by atoms with van der Waals surface area (Å²) in [6.07, 6.45) is 0.463. The third-order valence-electron chi connectivity index (χ3n) is 2.70. The molecular formula is C12H14F2N2O4. The lowest BCUT2D eigenvalue weighted by atomic mass is 10.2. The van der Waals surface area contributed by atoms with E-state index in [9.17, 15) is 23.7 Å². The number of esters is 1. The molecule has 6 nitrogen and oxygen atoms in total. The summed E-state index contributed by atoms with van der Waals surface area (Å²) in [4.78, 5) is 22.2. The molecule has 110 valence electrons. The van der Waals surface area contributed by atoms with Gasteiger partial charge in [0.1, 0.15) is 11.5 Å². The molecule has 0 heterocycles. The molecule has 1 aromatic rings. The van der Waals surface area contributed by atoms with Gasteiger partial charge in [-0.3, -0.25) is 14.9 Å². The normalized spacial score (nSPS) is 10.2. The van der Waals surface area contributed by atoms with E-state index in [0.29, 0.717) is 12.5 Å². The highest BCUT2D eigenvalue weighted by Gasteiger charge is 2.24. The smallest absolute Gasteiger partial charge is 0.328 e. The van der Waals surface area contributed by atoms with Crippen molar-refractivity contribution < 1.29 is 23.2 Å². The molecular weight excluding hydrogens is 274 g/mol. The molecule has 0 amide bonds. The molecule has 0 bridgehead atoms. The van der Waals surface area contributed by atoms with Gasteiger partial charge in [0.25, 0.3) is 0 Å². The van der Waals surface area contributed by atoms with E-state index in [2.05, 4.69) is 4.74 Å². The number of hydrogen-bond donors (Lipinski definition) is 0. The number of ether oxygens (including phenoxy) is 1. The molecule has 0 aliphatic heterocycles. The Hall–Kier alpha value is -2.25. The van der Waals surface area contributed by atoms with Gasteiger partial charge in [-0.25, -0.2) is 4.39 Å². The quantitative estimate of drug-likeness (QED) is 0.456. The Labute approximate surface area is 114 Å². The van der Waals surface area contributed by atoms with E-state index in [4.69, 9.17) is 0 Å². The van der Waals surface area contributed by atoms with E-state index in [1.54, 1.807) is 0 Å². The third kappa shape index (κ3) is 3.87. The summed E-state index contributed by atoms with van der Waals surface area (Å²) in [5, 5.41) is 10.8. The number of benzene rings is 1. The Morgan fingerprint density at radius 1 is 1.45 bits per heavy atom. The number of halogens is 2. The van der Waals surface area contributed by atoms with Crippen molar-refractivity contribution in [2.75, 3.05) is 25.6 Å². The molecule has 1 aromatic carbocycles. The molecule has 0 N–H and O–H groups in total. The summed E-state index contributed by atoms with van der Waals surface area (Å²) < 4.78 is 31.1. The zero-order valence-corrected chi connectivity index (χ0v) is 11.1. The lowest BCUT2D eigenvalue weighted by molar-refractivity contribution is -0.386. The fraction of sp³-hybridized carbons (Fsp3) is 0.417. The molecule has 0 aromatic heterocycles. The molecule has 0 atom stereocenters. The van der Waals surface area contributed by atoms with Gasteiger partial charge >= 0.3 is 11.7 Å². The summed E-state index contributed by atoms with van der Waals surface area (Å²) in [5.74, 6) is -2.55. The lowest BCUT2D eigenvalue weighted by Gasteiger charge is -2.19. The second-order valence-electron chi connectivity index (χ2n) is 4.11. The maximum atomic E-state index is 13.4. The Morgan fingerprint density at radius 2 is 2.10 bits per heavy atom. The van der Waals surface area contributed by atoms with Gasteiger partial charge in [0.15, 0.2) is 0 Å². The minimum atomic E-state index is -1.23. The average molecular weight is 288 g/mol. The van der Waals surface area contributed by atoms with E-state index in [-0.39, 0.29) is 18.7 Å². The number of nitro benzene ring substituents is 1. The van der Waals surface area contributed by atoms with Crippen molar-refractivity contribution in [3.8, 4) is 0 Å². The van der Waals surface area contributed by atoms with Crippen LogP contribution in [-0.2, 0) is 9.53 Å². The summed E-state index contributed by atoms with van der Waals surface area (Å²) in [6.45, 7) is 0.221. The Kier molecular flexibility index (Phi) is 5.36. The van der Waals surface area contributed by atoms with Crippen molar-refractivity contribution >= 4 is 17.3 Å². The van der Waals surface area contributed by atoms with Crippen LogP contribution in [0, 0.1) is 21.7 Å². The van der Waals surface area contributed by atoms with Crippen LogP contribution in [0.1, 0.15) is 12.8 Å². The Balaban J connectivity index is 2.89. The fourth-order valence-electron chi connectivity index (χ4n) is 1.71. The van der Waals surface area contributed by atoms with Gasteiger partial charge in [-0.15, -0.1) is 0 Å². The first-order chi connectivity index (χ1) is 9.36. The van der Waals surface area contributed by atoms with E-state index >= 15 is 0 Å². The van der Waals surface area contributed by atoms with E-state index in [1.807, 2.05) is 0 Å². The predicted octanol–water partition coefficient (Wildman–Crippen LogP) is 2.26. The van der Waals surface area contributed by atoms with Crippen molar-refractivity contribution in [3.63, 3.8) is 0 Å². The molecule has 0 radical (unpaired) electrons. The van der Waals surface area contributed by atoms with Gasteiger partial charge in [-0.05, 0) is 6.42 Å². The zero-order chi connectivity index (χ0) is 15.3. The van der Waals surface area contributed by atoms with Crippen molar-refractivity contribution in [2.45, 2.75) is 12.8 Å². The summed E-state index contributed by atoms with van der Waals surface area (Å²) in [7, 11) is 2.71. The molecule has 20 heavy (non-hydrogen) atoms. The van der Waals surface area contributed by atoms with Gasteiger partial charge in [-0.1, -0.05) is 0 Å². The van der Waals surface area contributed by atoms with Crippen LogP contribution in [0.25, 0.3) is 0 Å². The van der Waals surface area contributed by atoms with Crippen molar-refractivity contribution in [1.29, 1.82) is 0 Å². The minimum absolute atomic E-state index is 0.117. The summed E-state index contributed by atoms with van der Waals surface area (Å²) >= 11 is 0. The van der Waals surface area contributed by atoms with Gasteiger partial charge in [0.2, 0.25) is 5.82 Å². The average Bonchev–Trinajstić information content (AvgIpc) is 2.36. The third-order valence-corrected chi connectivity index (χ3v) is 2.70. The van der Waals surface area contributed by atoms with Crippen LogP contribution in [0.5, 0.6) is 0 Å². The highest BCUT2D eigenvalue weighted by atomic mass is 19.1. The molecule has 0 spiro atoms. The molecule has 0 fully saturated rings. The first-order valence-corrected chi connectivity index (χ1v) is 5.78. The number of carbonyl (C=O) groups excluding carboxylic acids is 1. The second kappa shape index (κ2) is 6.78. The number of hydrogen-bond acceptors (Lipinski definition) is 5. The summed E-state index contributed by atoms with van der Waals surface area (Å²) in [5.41, 5.74) is -0.954. The largest absolute Gasteiger partial charge is 0.469 e. The second-order valence-corrected chi connectivity index (χ2v) is 4.11. The first-order valence-electron chi connectivity index (χ1n) is 5.78. The molecule has 0 unspecified atom stereocenters. The number of nitrogens with zero attached hydrogens (tertiary/aromatic N) is 2. The molecule has 1 rings (SSSR count). The molecule has 0 saturated carbocycles. The van der Waals surface area contributed by atoms with Crippen LogP contribution >= 0.6 is 0 Å². The van der Waals surface area contributed by atoms with Crippen LogP contribution < -0.4 is 4.90 Å². The maximum Gasteiger partial charge on any atom is 0.328 e. The van der Waals surface area contributed by atoms with Crippen molar-refractivity contribution in [1.82, 2.24) is 0 Å². The van der Waals surface area contributed by atoms with Crippen LogP contribution in [0.3, 0.4) is 0 Å². The summed E-state index contributed by atoms with van der Waals surface area (Å²) in [6, 6.07) is 1.35. The van der Waals surface area contributed by atoms with Crippen LogP contribution in [0.15, 0.2) is 12.1 Å². The first kappa shape index (κ1) is 15.8. The minimum Gasteiger partial charge on any atom is -0.469 e. The van der Waals surface area contributed by atoms with Gasteiger partial charge in [0, 0.05) is 32.1 Å². The monoisotopic (exact) mass is 288 g/mol. The molecule has 8 heteroatoms. The molecule has 0 aliphatic carbocycles. The van der Waals surface area contributed by atoms with E-state index in [1.165, 1.54) is 19.1 Å². The Bertz CT molecular complexity index is 522. The van der Waals surface area contributed by atoms with Crippen molar-refractivity contribution in [3.05, 3.63) is 33.9 Å². The highest BCUT2D eigenvalue weighted by Crippen LogP contribution is 2.31. The Morgan fingerprint density at radius 3 is 2.65 bits per heavy atom. The number of carbonyl (C=O) groups is 1. The van der Waals surface area contributed by atoms with Crippen LogP contribution in [0.4, 0.5) is 20.2 Å². The predicted molar refractivity (Wildman–Crippen MR) is 67.5 cm³/mol. The number of rotatable bonds is 6.